The molecule has 4 rings (SSSR count). The van der Waals surface area contributed by atoms with Crippen molar-refractivity contribution in [3.63, 3.8) is 0 Å². The van der Waals surface area contributed by atoms with Crippen LogP contribution in [0.1, 0.15) is 80.1 Å². The monoisotopic (exact) mass is 480 g/mol. The lowest BCUT2D eigenvalue weighted by Crippen LogP contribution is -2.55. The molecule has 4 unspecified atom stereocenters. The molecule has 13 atom stereocenters. The van der Waals surface area contributed by atoms with Crippen LogP contribution >= 0.6 is 0 Å². The summed E-state index contributed by atoms with van der Waals surface area (Å²) in [6.07, 6.45) is 1.61. The SMILES string of the molecule is CC(C)[C@@H](C)[C@H](O)[C@@H](O)[C@@H](C)C1CCC2C3COC(=O)[C@H]4C[C@H](O)[C@H](O)C[C@]4(C)C3CC[C@@]21C. The van der Waals surface area contributed by atoms with Crippen molar-refractivity contribution in [2.24, 2.45) is 58.2 Å². The van der Waals surface area contributed by atoms with E-state index in [0.717, 1.165) is 25.7 Å². The molecule has 196 valence electrons. The molecule has 4 fully saturated rings. The van der Waals surface area contributed by atoms with E-state index in [0.29, 0.717) is 30.8 Å². The lowest BCUT2D eigenvalue weighted by Gasteiger charge is -2.56. The van der Waals surface area contributed by atoms with Gasteiger partial charge in [0.1, 0.15) is 0 Å². The van der Waals surface area contributed by atoms with Gasteiger partial charge >= 0.3 is 5.97 Å². The average molecular weight is 481 g/mol. The van der Waals surface area contributed by atoms with Gasteiger partial charge in [0.2, 0.25) is 0 Å². The number of esters is 1. The van der Waals surface area contributed by atoms with Crippen LogP contribution in [-0.2, 0) is 9.53 Å². The molecule has 6 heteroatoms. The van der Waals surface area contributed by atoms with E-state index in [1.165, 1.54) is 0 Å². The van der Waals surface area contributed by atoms with Gasteiger partial charge < -0.3 is 25.2 Å². The van der Waals surface area contributed by atoms with Crippen molar-refractivity contribution in [2.45, 2.75) is 104 Å². The Kier molecular flexibility index (Phi) is 7.23. The van der Waals surface area contributed by atoms with E-state index < -0.39 is 24.4 Å². The fourth-order valence-corrected chi connectivity index (χ4v) is 8.95. The lowest BCUT2D eigenvalue weighted by molar-refractivity contribution is -0.162. The Balaban J connectivity index is 1.58. The Morgan fingerprint density at radius 2 is 1.56 bits per heavy atom. The Morgan fingerprint density at radius 3 is 2.21 bits per heavy atom. The second kappa shape index (κ2) is 9.32. The number of aliphatic hydroxyl groups excluding tert-OH is 4. The Morgan fingerprint density at radius 1 is 0.912 bits per heavy atom. The van der Waals surface area contributed by atoms with Gasteiger partial charge in [-0.25, -0.2) is 0 Å². The zero-order valence-corrected chi connectivity index (χ0v) is 22.0. The molecule has 6 nitrogen and oxygen atoms in total. The first-order chi connectivity index (χ1) is 15.8. The van der Waals surface area contributed by atoms with Crippen molar-refractivity contribution in [1.29, 1.82) is 0 Å². The minimum absolute atomic E-state index is 0.00827. The number of carbonyl (C=O) groups excluding carboxylic acids is 1. The van der Waals surface area contributed by atoms with E-state index in [2.05, 4.69) is 34.6 Å². The lowest BCUT2D eigenvalue weighted by atomic mass is 9.48. The first-order valence-electron chi connectivity index (χ1n) is 13.7. The van der Waals surface area contributed by atoms with Crippen LogP contribution in [0.15, 0.2) is 0 Å². The fourth-order valence-electron chi connectivity index (χ4n) is 8.95. The van der Waals surface area contributed by atoms with Crippen LogP contribution < -0.4 is 0 Å². The van der Waals surface area contributed by atoms with E-state index in [9.17, 15) is 25.2 Å². The van der Waals surface area contributed by atoms with Crippen molar-refractivity contribution >= 4 is 5.97 Å². The second-order valence-corrected chi connectivity index (χ2v) is 13.3. The second-order valence-electron chi connectivity index (χ2n) is 13.3. The number of cyclic esters (lactones) is 1. The summed E-state index contributed by atoms with van der Waals surface area (Å²) in [5.41, 5.74) is -0.345. The van der Waals surface area contributed by atoms with Gasteiger partial charge in [0, 0.05) is 0 Å². The molecule has 0 spiro atoms. The summed E-state index contributed by atoms with van der Waals surface area (Å²) < 4.78 is 5.86. The maximum absolute atomic E-state index is 13.0. The van der Waals surface area contributed by atoms with Crippen LogP contribution in [-0.4, -0.2) is 57.4 Å². The molecule has 1 heterocycles. The van der Waals surface area contributed by atoms with Crippen molar-refractivity contribution in [3.8, 4) is 0 Å². The van der Waals surface area contributed by atoms with Crippen LogP contribution in [0.25, 0.3) is 0 Å². The van der Waals surface area contributed by atoms with Crippen LogP contribution in [0, 0.1) is 58.2 Å². The van der Waals surface area contributed by atoms with E-state index in [-0.39, 0.29) is 52.8 Å². The molecule has 1 saturated heterocycles. The topological polar surface area (TPSA) is 107 Å². The standard InChI is InChI=1S/C28H48O6/c1-14(2)15(3)24(31)25(32)16(4)18-7-8-19-17-13-34-26(33)21-11-22(29)23(30)12-28(21,6)20(17)9-10-27(18,19)5/h14-25,29-32H,7-13H2,1-6H3/t15-,16+,17?,18?,19?,20?,21-,22+,23-,24+,25+,27-,28-/m1/s1. The predicted octanol–water partition coefficient (Wildman–Crippen LogP) is 3.39. The van der Waals surface area contributed by atoms with Crippen molar-refractivity contribution < 1.29 is 30.0 Å². The van der Waals surface area contributed by atoms with Crippen LogP contribution in [0.2, 0.25) is 0 Å². The third kappa shape index (κ3) is 4.05. The highest BCUT2D eigenvalue weighted by Crippen LogP contribution is 2.66. The summed E-state index contributed by atoms with van der Waals surface area (Å²) in [5.74, 6) is 0.948. The number of rotatable bonds is 5. The summed E-state index contributed by atoms with van der Waals surface area (Å²) in [6.45, 7) is 13.2. The smallest absolute Gasteiger partial charge is 0.309 e. The van der Waals surface area contributed by atoms with Gasteiger partial charge in [-0.15, -0.1) is 0 Å². The molecule has 0 aromatic heterocycles. The predicted molar refractivity (Wildman–Crippen MR) is 130 cm³/mol. The van der Waals surface area contributed by atoms with Gasteiger partial charge in [0.25, 0.3) is 0 Å². The summed E-state index contributed by atoms with van der Waals surface area (Å²) in [7, 11) is 0. The molecule has 34 heavy (non-hydrogen) atoms. The number of ether oxygens (including phenoxy) is 1. The highest BCUT2D eigenvalue weighted by molar-refractivity contribution is 5.74. The quantitative estimate of drug-likeness (QED) is 0.450. The summed E-state index contributed by atoms with van der Waals surface area (Å²) >= 11 is 0. The van der Waals surface area contributed by atoms with E-state index >= 15 is 0 Å². The van der Waals surface area contributed by atoms with Crippen LogP contribution in [0.3, 0.4) is 0 Å². The number of hydrogen-bond donors (Lipinski definition) is 4. The molecule has 4 aliphatic rings. The molecule has 0 aromatic rings. The van der Waals surface area contributed by atoms with Crippen molar-refractivity contribution in [2.75, 3.05) is 6.61 Å². The summed E-state index contributed by atoms with van der Waals surface area (Å²) in [5, 5.41) is 42.9. The Bertz CT molecular complexity index is 755. The molecule has 3 aliphatic carbocycles. The fraction of sp³-hybridized carbons (Fsp3) is 0.964. The molecular formula is C28H48O6. The van der Waals surface area contributed by atoms with E-state index in [1.54, 1.807) is 0 Å². The van der Waals surface area contributed by atoms with Gasteiger partial charge in [-0.05, 0) is 90.8 Å². The zero-order valence-electron chi connectivity index (χ0n) is 22.0. The molecule has 0 radical (unpaired) electrons. The number of hydrogen-bond acceptors (Lipinski definition) is 6. The summed E-state index contributed by atoms with van der Waals surface area (Å²) in [6, 6.07) is 0. The maximum atomic E-state index is 13.0. The molecule has 0 bridgehead atoms. The van der Waals surface area contributed by atoms with Crippen LogP contribution in [0.4, 0.5) is 0 Å². The van der Waals surface area contributed by atoms with Crippen molar-refractivity contribution in [3.05, 3.63) is 0 Å². The van der Waals surface area contributed by atoms with Crippen molar-refractivity contribution in [1.82, 2.24) is 0 Å². The number of aliphatic hydroxyl groups is 4. The number of carbonyl (C=O) groups is 1. The third-order valence-electron chi connectivity index (χ3n) is 11.5. The van der Waals surface area contributed by atoms with Gasteiger partial charge in [-0.2, -0.15) is 0 Å². The van der Waals surface area contributed by atoms with Gasteiger partial charge in [-0.3, -0.25) is 4.79 Å². The average Bonchev–Trinajstić information content (AvgIpc) is 3.09. The molecule has 4 N–H and O–H groups in total. The molecular weight excluding hydrogens is 432 g/mol. The Hall–Kier alpha value is -0.690. The molecule has 0 amide bonds. The first kappa shape index (κ1) is 26.4. The Labute approximate surface area is 205 Å². The molecule has 0 aromatic carbocycles. The van der Waals surface area contributed by atoms with Gasteiger partial charge in [0.05, 0.1) is 36.9 Å². The van der Waals surface area contributed by atoms with Crippen LogP contribution in [0.5, 0.6) is 0 Å². The third-order valence-corrected chi connectivity index (χ3v) is 11.5. The molecule has 1 aliphatic heterocycles. The van der Waals surface area contributed by atoms with Gasteiger partial charge in [0.15, 0.2) is 0 Å². The zero-order chi connectivity index (χ0) is 25.2. The summed E-state index contributed by atoms with van der Waals surface area (Å²) in [4.78, 5) is 13.0. The van der Waals surface area contributed by atoms with E-state index in [4.69, 9.17) is 4.74 Å². The normalized spacial score (nSPS) is 48.1. The first-order valence-corrected chi connectivity index (χ1v) is 13.7. The molecule has 3 saturated carbocycles. The van der Waals surface area contributed by atoms with Gasteiger partial charge in [-0.1, -0.05) is 41.5 Å². The van der Waals surface area contributed by atoms with E-state index in [1.807, 2.05) is 6.92 Å². The minimum atomic E-state index is -0.867. The maximum Gasteiger partial charge on any atom is 0.309 e. The highest BCUT2D eigenvalue weighted by atomic mass is 16.5. The highest BCUT2D eigenvalue weighted by Gasteiger charge is 2.63. The largest absolute Gasteiger partial charge is 0.465 e. The number of fused-ring (bicyclic) bond motifs is 5. The minimum Gasteiger partial charge on any atom is -0.465 e.